The van der Waals surface area contributed by atoms with Crippen molar-refractivity contribution >= 4 is 16.9 Å². The topological polar surface area (TPSA) is 69.2 Å². The number of aromatic nitrogens is 2. The van der Waals surface area contributed by atoms with Crippen LogP contribution in [0.1, 0.15) is 68.1 Å². The van der Waals surface area contributed by atoms with E-state index in [2.05, 4.69) is 47.8 Å². The Morgan fingerprint density at radius 1 is 1.19 bits per heavy atom. The van der Waals surface area contributed by atoms with Gasteiger partial charge in [0, 0.05) is 23.6 Å². The third kappa shape index (κ3) is 2.86. The number of nitrogens with one attached hydrogen (secondary N) is 1. The monoisotopic (exact) mass is 417 g/mol. The van der Waals surface area contributed by atoms with Gasteiger partial charge in [-0.05, 0) is 67.0 Å². The highest BCUT2D eigenvalue weighted by Crippen LogP contribution is 2.56. The van der Waals surface area contributed by atoms with Crippen LogP contribution >= 0.6 is 0 Å². The van der Waals surface area contributed by atoms with Gasteiger partial charge >= 0.3 is 0 Å². The third-order valence-corrected chi connectivity index (χ3v) is 8.24. The molecule has 1 aliphatic carbocycles. The first-order valence-electron chi connectivity index (χ1n) is 11.1. The number of amides is 1. The molecule has 2 aromatic carbocycles. The predicted molar refractivity (Wildman–Crippen MR) is 122 cm³/mol. The van der Waals surface area contributed by atoms with E-state index >= 15 is 0 Å². The molecule has 0 unspecified atom stereocenters. The van der Waals surface area contributed by atoms with Gasteiger partial charge in [-0.1, -0.05) is 39.0 Å². The lowest BCUT2D eigenvalue weighted by Crippen LogP contribution is -2.64. The van der Waals surface area contributed by atoms with Crippen molar-refractivity contribution in [2.75, 3.05) is 6.54 Å². The summed E-state index contributed by atoms with van der Waals surface area (Å²) in [7, 11) is 0. The van der Waals surface area contributed by atoms with Crippen molar-refractivity contribution in [3.8, 4) is 0 Å². The molecule has 162 valence electrons. The fraction of sp³-hybridized carbons (Fsp3) is 0.462. The predicted octanol–water partition coefficient (Wildman–Crippen LogP) is 4.55. The Morgan fingerprint density at radius 3 is 2.71 bits per heavy atom. The van der Waals surface area contributed by atoms with Crippen LogP contribution in [0.3, 0.4) is 0 Å². The Labute approximate surface area is 183 Å². The quantitative estimate of drug-likeness (QED) is 0.643. The van der Waals surface area contributed by atoms with Crippen LogP contribution in [-0.2, 0) is 17.4 Å². The Morgan fingerprint density at radius 2 is 1.97 bits per heavy atom. The average molecular weight is 418 g/mol. The van der Waals surface area contributed by atoms with Gasteiger partial charge in [-0.3, -0.25) is 4.79 Å². The number of H-pyrrole nitrogens is 1. The molecule has 31 heavy (non-hydrogen) atoms. The van der Waals surface area contributed by atoms with Crippen molar-refractivity contribution in [1.82, 2.24) is 14.9 Å². The Hall–Kier alpha value is -2.66. The SMILES string of the molecule is CC(C)(O)c1ccc2c(c1)[C@]1(C)CCN(C(=O)c3ccc4nc[nH]c4c3)[C@H](C2)C1(C)C. The zero-order chi connectivity index (χ0) is 22.2. The van der Waals surface area contributed by atoms with Gasteiger partial charge in [-0.2, -0.15) is 0 Å². The second-order valence-electron chi connectivity index (χ2n) is 10.6. The van der Waals surface area contributed by atoms with Crippen LogP contribution in [0.5, 0.6) is 0 Å². The maximum Gasteiger partial charge on any atom is 0.254 e. The van der Waals surface area contributed by atoms with Gasteiger partial charge in [-0.15, -0.1) is 0 Å². The molecule has 2 bridgehead atoms. The van der Waals surface area contributed by atoms with Crippen LogP contribution in [0.4, 0.5) is 0 Å². The third-order valence-electron chi connectivity index (χ3n) is 8.24. The highest BCUT2D eigenvalue weighted by molar-refractivity contribution is 5.97. The van der Waals surface area contributed by atoms with Gasteiger partial charge in [0.1, 0.15) is 0 Å². The largest absolute Gasteiger partial charge is 0.386 e. The van der Waals surface area contributed by atoms with Crippen molar-refractivity contribution in [2.45, 2.75) is 64.5 Å². The molecule has 1 fully saturated rings. The lowest BCUT2D eigenvalue weighted by molar-refractivity contribution is -0.0264. The van der Waals surface area contributed by atoms with E-state index in [0.717, 1.165) is 36.0 Å². The van der Waals surface area contributed by atoms with Crippen molar-refractivity contribution in [3.05, 3.63) is 65.0 Å². The van der Waals surface area contributed by atoms with E-state index in [4.69, 9.17) is 0 Å². The van der Waals surface area contributed by atoms with Crippen molar-refractivity contribution in [3.63, 3.8) is 0 Å². The lowest BCUT2D eigenvalue weighted by Gasteiger charge is -2.61. The summed E-state index contributed by atoms with van der Waals surface area (Å²) in [6.07, 6.45) is 3.40. The van der Waals surface area contributed by atoms with E-state index in [0.29, 0.717) is 5.56 Å². The Balaban J connectivity index is 1.55. The van der Waals surface area contributed by atoms with Crippen LogP contribution in [0, 0.1) is 5.41 Å². The Kier molecular flexibility index (Phi) is 4.20. The summed E-state index contributed by atoms with van der Waals surface area (Å²) < 4.78 is 0. The maximum atomic E-state index is 13.6. The molecule has 3 aromatic rings. The molecule has 1 amide bonds. The van der Waals surface area contributed by atoms with E-state index < -0.39 is 5.60 Å². The molecule has 1 aliphatic heterocycles. The zero-order valence-corrected chi connectivity index (χ0v) is 19.0. The van der Waals surface area contributed by atoms with Gasteiger partial charge in [-0.25, -0.2) is 4.98 Å². The summed E-state index contributed by atoms with van der Waals surface area (Å²) in [5, 5.41) is 10.6. The minimum Gasteiger partial charge on any atom is -0.386 e. The highest BCUT2D eigenvalue weighted by Gasteiger charge is 2.57. The molecule has 0 radical (unpaired) electrons. The molecule has 2 heterocycles. The van der Waals surface area contributed by atoms with E-state index in [1.807, 2.05) is 38.1 Å². The number of hydrogen-bond donors (Lipinski definition) is 2. The first-order valence-corrected chi connectivity index (χ1v) is 11.1. The van der Waals surface area contributed by atoms with Crippen molar-refractivity contribution in [1.29, 1.82) is 0 Å². The van der Waals surface area contributed by atoms with Gasteiger partial charge in [0.2, 0.25) is 0 Å². The molecule has 2 aliphatic rings. The summed E-state index contributed by atoms with van der Waals surface area (Å²) in [4.78, 5) is 23.1. The van der Waals surface area contributed by atoms with Crippen LogP contribution in [0.25, 0.3) is 11.0 Å². The second-order valence-corrected chi connectivity index (χ2v) is 10.6. The number of imidazole rings is 1. The summed E-state index contributed by atoms with van der Waals surface area (Å²) in [6, 6.07) is 12.2. The van der Waals surface area contributed by atoms with Gasteiger partial charge in [0.15, 0.2) is 0 Å². The van der Waals surface area contributed by atoms with Crippen LogP contribution < -0.4 is 0 Å². The second kappa shape index (κ2) is 6.42. The molecule has 2 N–H and O–H groups in total. The number of benzene rings is 2. The molecule has 1 saturated heterocycles. The molecular formula is C26H31N3O2. The number of fused-ring (bicyclic) bond motifs is 5. The van der Waals surface area contributed by atoms with E-state index in [-0.39, 0.29) is 22.8 Å². The number of aromatic amines is 1. The number of carbonyl (C=O) groups excluding carboxylic acids is 1. The molecule has 0 saturated carbocycles. The minimum atomic E-state index is -0.867. The number of carbonyl (C=O) groups is 1. The summed E-state index contributed by atoms with van der Waals surface area (Å²) in [5.74, 6) is 0.0909. The number of rotatable bonds is 2. The molecule has 0 spiro atoms. The fourth-order valence-electron chi connectivity index (χ4n) is 5.76. The highest BCUT2D eigenvalue weighted by atomic mass is 16.3. The van der Waals surface area contributed by atoms with Crippen molar-refractivity contribution < 1.29 is 9.90 Å². The zero-order valence-electron chi connectivity index (χ0n) is 19.0. The van der Waals surface area contributed by atoms with Crippen LogP contribution in [-0.4, -0.2) is 38.5 Å². The van der Waals surface area contributed by atoms with Crippen molar-refractivity contribution in [2.24, 2.45) is 5.41 Å². The van der Waals surface area contributed by atoms with Crippen LogP contribution in [0.15, 0.2) is 42.7 Å². The number of piperidine rings is 1. The first-order chi connectivity index (χ1) is 14.5. The van der Waals surface area contributed by atoms with Crippen LogP contribution in [0.2, 0.25) is 0 Å². The number of likely N-dealkylation sites (tertiary alicyclic amines) is 1. The maximum absolute atomic E-state index is 13.6. The summed E-state index contributed by atoms with van der Waals surface area (Å²) >= 11 is 0. The lowest BCUT2D eigenvalue weighted by atomic mass is 9.50. The van der Waals surface area contributed by atoms with E-state index in [9.17, 15) is 9.90 Å². The average Bonchev–Trinajstić information content (AvgIpc) is 3.17. The fourth-order valence-corrected chi connectivity index (χ4v) is 5.76. The minimum absolute atomic E-state index is 0.0589. The smallest absolute Gasteiger partial charge is 0.254 e. The summed E-state index contributed by atoms with van der Waals surface area (Å²) in [5.41, 5.74) is 5.03. The van der Waals surface area contributed by atoms with Gasteiger partial charge in [0.25, 0.3) is 5.91 Å². The van der Waals surface area contributed by atoms with Gasteiger partial charge < -0.3 is 15.0 Å². The molecule has 2 atom stereocenters. The number of aliphatic hydroxyl groups is 1. The normalized spacial score (nSPS) is 24.8. The molecular weight excluding hydrogens is 386 g/mol. The number of hydrogen-bond acceptors (Lipinski definition) is 3. The Bertz CT molecular complexity index is 1190. The molecule has 5 rings (SSSR count). The molecule has 1 aromatic heterocycles. The van der Waals surface area contributed by atoms with E-state index in [1.165, 1.54) is 11.1 Å². The number of nitrogens with zero attached hydrogens (tertiary/aromatic N) is 2. The molecule has 5 nitrogen and oxygen atoms in total. The standard InChI is InChI=1S/C26H31N3O2/c1-24(2)22-13-16-6-8-18(25(3,4)31)14-19(16)26(24,5)10-11-29(22)23(30)17-7-9-20-21(12-17)28-15-27-20/h6-9,12,14-15,22,31H,10-11,13H2,1-5H3,(H,27,28)/t22-,26+/m1/s1. The first kappa shape index (κ1) is 20.3. The van der Waals surface area contributed by atoms with E-state index in [1.54, 1.807) is 6.33 Å². The summed E-state index contributed by atoms with van der Waals surface area (Å²) in [6.45, 7) is 11.3. The van der Waals surface area contributed by atoms with Gasteiger partial charge in [0.05, 0.1) is 23.0 Å². The molecule has 5 heteroatoms.